The molecule has 0 bridgehead atoms. The van der Waals surface area contributed by atoms with Crippen LogP contribution in [0, 0.1) is 6.92 Å². The standard InChI is InChI=1S/C36H39N3O4S/c1-25-10-17-32(18-11-25)44-38(22-27-6-5-9-30(37)20-27)24-35(41)39(31-16-19-33(36(42)43)34(40)21-31)23-26-12-14-29(15-13-26)28-7-3-2-4-8-28/h5-6,9-21,28,40H,2-4,7-8,22-24,37H2,1H3,(H,42,43). The number of hydrogen-bond donors (Lipinski definition) is 3. The number of nitrogens with zero attached hydrogens (tertiary/aromatic N) is 2. The average Bonchev–Trinajstić information content (AvgIpc) is 3.01. The van der Waals surface area contributed by atoms with E-state index in [4.69, 9.17) is 5.73 Å². The van der Waals surface area contributed by atoms with Gasteiger partial charge in [0.25, 0.3) is 0 Å². The van der Waals surface area contributed by atoms with Crippen LogP contribution in [0.3, 0.4) is 0 Å². The number of benzene rings is 4. The van der Waals surface area contributed by atoms with E-state index in [-0.39, 0.29) is 30.3 Å². The van der Waals surface area contributed by atoms with Crippen molar-refractivity contribution in [2.45, 2.75) is 62.9 Å². The largest absolute Gasteiger partial charge is 0.507 e. The van der Waals surface area contributed by atoms with Gasteiger partial charge in [0.05, 0.1) is 13.1 Å². The zero-order valence-corrected chi connectivity index (χ0v) is 25.8. The minimum atomic E-state index is -1.23. The lowest BCUT2D eigenvalue weighted by atomic mass is 9.84. The van der Waals surface area contributed by atoms with Crippen LogP contribution in [0.15, 0.2) is 95.9 Å². The number of aryl methyl sites for hydroxylation is 1. The van der Waals surface area contributed by atoms with Crippen molar-refractivity contribution in [3.8, 4) is 5.75 Å². The Bertz CT molecular complexity index is 1580. The summed E-state index contributed by atoms with van der Waals surface area (Å²) in [5.41, 5.74) is 11.3. The van der Waals surface area contributed by atoms with E-state index in [0.29, 0.717) is 23.8 Å². The highest BCUT2D eigenvalue weighted by atomic mass is 32.2. The van der Waals surface area contributed by atoms with Crippen molar-refractivity contribution in [1.82, 2.24) is 4.31 Å². The third-order valence-electron chi connectivity index (χ3n) is 8.10. The van der Waals surface area contributed by atoms with Gasteiger partial charge in [-0.1, -0.05) is 73.4 Å². The van der Waals surface area contributed by atoms with E-state index < -0.39 is 5.97 Å². The molecule has 5 rings (SSSR count). The first-order valence-electron chi connectivity index (χ1n) is 15.0. The fraction of sp³-hybridized carbons (Fsp3) is 0.278. The zero-order chi connectivity index (χ0) is 31.1. The van der Waals surface area contributed by atoms with Crippen LogP contribution >= 0.6 is 11.9 Å². The Hall–Kier alpha value is -4.27. The van der Waals surface area contributed by atoms with Crippen LogP contribution in [0.4, 0.5) is 11.4 Å². The van der Waals surface area contributed by atoms with Crippen molar-refractivity contribution in [1.29, 1.82) is 0 Å². The molecule has 8 heteroatoms. The molecule has 228 valence electrons. The lowest BCUT2D eigenvalue weighted by molar-refractivity contribution is -0.118. The molecule has 4 aromatic rings. The van der Waals surface area contributed by atoms with Crippen molar-refractivity contribution in [3.63, 3.8) is 0 Å². The van der Waals surface area contributed by atoms with Gasteiger partial charge >= 0.3 is 5.97 Å². The van der Waals surface area contributed by atoms with Gasteiger partial charge in [-0.2, -0.15) is 0 Å². The quantitative estimate of drug-likeness (QED) is 0.118. The van der Waals surface area contributed by atoms with Gasteiger partial charge in [-0.15, -0.1) is 0 Å². The number of nitrogen functional groups attached to an aromatic ring is 1. The van der Waals surface area contributed by atoms with Crippen LogP contribution in [0.5, 0.6) is 5.75 Å². The first kappa shape index (κ1) is 31.2. The lowest BCUT2D eigenvalue weighted by Gasteiger charge is -2.28. The Morgan fingerprint density at radius 3 is 2.25 bits per heavy atom. The monoisotopic (exact) mass is 609 g/mol. The number of nitrogens with two attached hydrogens (primary N) is 1. The highest BCUT2D eigenvalue weighted by Gasteiger charge is 2.23. The summed E-state index contributed by atoms with van der Waals surface area (Å²) in [6.07, 6.45) is 6.24. The molecule has 0 saturated heterocycles. The second kappa shape index (κ2) is 14.5. The number of rotatable bonds is 11. The van der Waals surface area contributed by atoms with E-state index in [0.717, 1.165) is 21.6 Å². The number of aromatic carboxylic acids is 1. The number of amides is 1. The molecule has 0 heterocycles. The van der Waals surface area contributed by atoms with Crippen LogP contribution in [-0.2, 0) is 17.9 Å². The Kier molecular flexibility index (Phi) is 10.2. The second-order valence-corrected chi connectivity index (χ2v) is 12.7. The van der Waals surface area contributed by atoms with Gasteiger partial charge < -0.3 is 20.8 Å². The van der Waals surface area contributed by atoms with Gasteiger partial charge in [0.15, 0.2) is 0 Å². The smallest absolute Gasteiger partial charge is 0.339 e. The summed E-state index contributed by atoms with van der Waals surface area (Å²) >= 11 is 1.49. The van der Waals surface area contributed by atoms with Crippen LogP contribution in [0.1, 0.15) is 70.6 Å². The normalized spacial score (nSPS) is 13.6. The molecule has 7 nitrogen and oxygen atoms in total. The van der Waals surface area contributed by atoms with E-state index in [9.17, 15) is 19.8 Å². The number of carbonyl (C=O) groups is 2. The number of carbonyl (C=O) groups excluding carboxylic acids is 1. The summed E-state index contributed by atoms with van der Waals surface area (Å²) in [6.45, 7) is 2.85. The molecule has 0 aromatic heterocycles. The summed E-state index contributed by atoms with van der Waals surface area (Å²) in [5.74, 6) is -1.22. The predicted octanol–water partition coefficient (Wildman–Crippen LogP) is 7.77. The Balaban J connectivity index is 1.42. The molecule has 1 aliphatic carbocycles. The molecule has 0 aliphatic heterocycles. The van der Waals surface area contributed by atoms with Gasteiger partial charge in [-0.25, -0.2) is 9.10 Å². The molecule has 1 aliphatic rings. The topological polar surface area (TPSA) is 107 Å². The summed E-state index contributed by atoms with van der Waals surface area (Å²) in [4.78, 5) is 28.3. The maximum atomic E-state index is 14.2. The minimum absolute atomic E-state index is 0.0644. The fourth-order valence-corrected chi connectivity index (χ4v) is 6.65. The summed E-state index contributed by atoms with van der Waals surface area (Å²) in [7, 11) is 0. The number of carboxylic acid groups (broad SMARTS) is 1. The SMILES string of the molecule is Cc1ccc(SN(CC(=O)N(Cc2ccc(C3CCCCC3)cc2)c2ccc(C(=O)O)c(O)c2)Cc2cccc(N)c2)cc1. The molecule has 1 fully saturated rings. The Labute approximate surface area is 263 Å². The number of carboxylic acids is 1. The lowest BCUT2D eigenvalue weighted by Crippen LogP contribution is -2.37. The second-order valence-electron chi connectivity index (χ2n) is 11.5. The Morgan fingerprint density at radius 1 is 0.864 bits per heavy atom. The molecule has 1 saturated carbocycles. The van der Waals surface area contributed by atoms with E-state index in [1.807, 2.05) is 59.8 Å². The van der Waals surface area contributed by atoms with Gasteiger partial charge in [-0.05, 0) is 90.7 Å². The summed E-state index contributed by atoms with van der Waals surface area (Å²) in [6, 6.07) is 28.5. The third-order valence-corrected chi connectivity index (χ3v) is 9.10. The average molecular weight is 610 g/mol. The first-order chi connectivity index (χ1) is 21.2. The number of hydrogen-bond acceptors (Lipinski definition) is 6. The van der Waals surface area contributed by atoms with Crippen LogP contribution in [-0.4, -0.2) is 32.9 Å². The van der Waals surface area contributed by atoms with E-state index >= 15 is 0 Å². The van der Waals surface area contributed by atoms with Gasteiger partial charge in [-0.3, -0.25) is 4.79 Å². The van der Waals surface area contributed by atoms with Crippen molar-refractivity contribution >= 4 is 35.2 Å². The minimum Gasteiger partial charge on any atom is -0.507 e. The van der Waals surface area contributed by atoms with Crippen molar-refractivity contribution in [2.75, 3.05) is 17.2 Å². The van der Waals surface area contributed by atoms with Gasteiger partial charge in [0, 0.05) is 28.9 Å². The number of aromatic hydroxyl groups is 1. The van der Waals surface area contributed by atoms with E-state index in [2.05, 4.69) is 24.3 Å². The molecule has 0 spiro atoms. The molecule has 4 aromatic carbocycles. The number of anilines is 2. The maximum absolute atomic E-state index is 14.2. The molecular weight excluding hydrogens is 570 g/mol. The summed E-state index contributed by atoms with van der Waals surface area (Å²) < 4.78 is 1.99. The Morgan fingerprint density at radius 2 is 1.59 bits per heavy atom. The highest BCUT2D eigenvalue weighted by Crippen LogP contribution is 2.33. The number of phenols is 1. The van der Waals surface area contributed by atoms with Crippen LogP contribution < -0.4 is 10.6 Å². The summed E-state index contributed by atoms with van der Waals surface area (Å²) in [5, 5.41) is 20.0. The van der Waals surface area contributed by atoms with Crippen LogP contribution in [0.2, 0.25) is 0 Å². The predicted molar refractivity (Wildman–Crippen MR) is 177 cm³/mol. The van der Waals surface area contributed by atoms with Gasteiger partial charge in [0.1, 0.15) is 11.3 Å². The van der Waals surface area contributed by atoms with E-state index in [1.54, 1.807) is 11.0 Å². The van der Waals surface area contributed by atoms with Crippen molar-refractivity contribution < 1.29 is 19.8 Å². The first-order valence-corrected chi connectivity index (χ1v) is 15.8. The molecule has 0 radical (unpaired) electrons. The molecule has 0 atom stereocenters. The molecule has 1 amide bonds. The fourth-order valence-electron chi connectivity index (χ4n) is 5.71. The molecule has 4 N–H and O–H groups in total. The van der Waals surface area contributed by atoms with E-state index in [1.165, 1.54) is 61.7 Å². The molecular formula is C36H39N3O4S. The zero-order valence-electron chi connectivity index (χ0n) is 25.0. The van der Waals surface area contributed by atoms with Gasteiger partial charge in [0.2, 0.25) is 5.91 Å². The van der Waals surface area contributed by atoms with Crippen LogP contribution in [0.25, 0.3) is 0 Å². The maximum Gasteiger partial charge on any atom is 0.339 e. The van der Waals surface area contributed by atoms with Crippen molar-refractivity contribution in [3.05, 3.63) is 119 Å². The third kappa shape index (κ3) is 8.21. The molecule has 44 heavy (non-hydrogen) atoms. The van der Waals surface area contributed by atoms with Crippen molar-refractivity contribution in [2.24, 2.45) is 0 Å². The highest BCUT2D eigenvalue weighted by molar-refractivity contribution is 7.97. The molecule has 0 unspecified atom stereocenters.